The first-order chi connectivity index (χ1) is 12.3. The van der Waals surface area contributed by atoms with Gasteiger partial charge >= 0.3 is 17.9 Å². The highest BCUT2D eigenvalue weighted by atomic mass is 16.5. The number of carbonyl (C=O) groups is 3. The topological polar surface area (TPSA) is 99.1 Å². The summed E-state index contributed by atoms with van der Waals surface area (Å²) in [5.41, 5.74) is 2.61. The number of esters is 2. The summed E-state index contributed by atoms with van der Waals surface area (Å²) >= 11 is 0. The molecule has 0 atom stereocenters. The first-order valence-electron chi connectivity index (χ1n) is 8.16. The molecule has 0 saturated heterocycles. The van der Waals surface area contributed by atoms with E-state index >= 15 is 0 Å². The van der Waals surface area contributed by atoms with Crippen molar-refractivity contribution in [3.63, 3.8) is 0 Å². The lowest BCUT2D eigenvalue weighted by Crippen LogP contribution is -2.13. The number of hydrogen-bond acceptors (Lipinski definition) is 6. The third-order valence-corrected chi connectivity index (χ3v) is 4.50. The van der Waals surface area contributed by atoms with Crippen molar-refractivity contribution in [2.45, 2.75) is 39.7 Å². The predicted molar refractivity (Wildman–Crippen MR) is 92.5 cm³/mol. The second kappa shape index (κ2) is 8.03. The number of carboxylic acid groups (broad SMARTS) is 1. The molecule has 0 fully saturated rings. The molecule has 1 aromatic carbocycles. The van der Waals surface area contributed by atoms with Gasteiger partial charge in [-0.2, -0.15) is 0 Å². The highest BCUT2D eigenvalue weighted by Gasteiger charge is 2.34. The molecule has 0 saturated carbocycles. The lowest BCUT2D eigenvalue weighted by molar-refractivity contribution is -0.140. The van der Waals surface area contributed by atoms with Gasteiger partial charge in [-0.25, -0.2) is 9.59 Å². The average molecular weight is 362 g/mol. The minimum absolute atomic E-state index is 0.0465. The summed E-state index contributed by atoms with van der Waals surface area (Å²) in [7, 11) is 2.80. The smallest absolute Gasteiger partial charge is 0.339 e. The minimum Gasteiger partial charge on any atom is -0.496 e. The van der Waals surface area contributed by atoms with Gasteiger partial charge in [-0.1, -0.05) is 11.6 Å². The van der Waals surface area contributed by atoms with Crippen LogP contribution in [0.15, 0.2) is 11.6 Å². The number of cyclic esters (lactones) is 1. The summed E-state index contributed by atoms with van der Waals surface area (Å²) in [5.74, 6) is -1.70. The summed E-state index contributed by atoms with van der Waals surface area (Å²) in [6, 6.07) is 0. The van der Waals surface area contributed by atoms with Crippen LogP contribution in [0.3, 0.4) is 0 Å². The Morgan fingerprint density at radius 3 is 2.54 bits per heavy atom. The maximum Gasteiger partial charge on any atom is 0.339 e. The van der Waals surface area contributed by atoms with Crippen molar-refractivity contribution in [1.29, 1.82) is 0 Å². The summed E-state index contributed by atoms with van der Waals surface area (Å²) in [4.78, 5) is 35.2. The second-order valence-corrected chi connectivity index (χ2v) is 6.08. The first-order valence-corrected chi connectivity index (χ1v) is 8.16. The molecule has 1 aliphatic rings. The van der Waals surface area contributed by atoms with Crippen LogP contribution in [0.5, 0.6) is 5.75 Å². The average Bonchev–Trinajstić information content (AvgIpc) is 2.99. The Morgan fingerprint density at radius 1 is 1.27 bits per heavy atom. The van der Waals surface area contributed by atoms with E-state index in [1.165, 1.54) is 14.2 Å². The Morgan fingerprint density at radius 2 is 1.96 bits per heavy atom. The van der Waals surface area contributed by atoms with E-state index < -0.39 is 11.9 Å². The van der Waals surface area contributed by atoms with Crippen LogP contribution in [0.2, 0.25) is 0 Å². The third kappa shape index (κ3) is 3.71. The number of methoxy groups -OCH3 is 2. The number of carbonyl (C=O) groups excluding carboxylic acids is 2. The molecule has 2 rings (SSSR count). The summed E-state index contributed by atoms with van der Waals surface area (Å²) in [6.07, 6.45) is 2.85. The van der Waals surface area contributed by atoms with Crippen molar-refractivity contribution in [3.05, 3.63) is 39.5 Å². The number of carboxylic acids is 1. The van der Waals surface area contributed by atoms with Crippen LogP contribution in [0, 0.1) is 6.92 Å². The highest BCUT2D eigenvalue weighted by Crippen LogP contribution is 2.38. The van der Waals surface area contributed by atoms with E-state index in [2.05, 4.69) is 4.74 Å². The maximum atomic E-state index is 12.1. The van der Waals surface area contributed by atoms with Crippen LogP contribution < -0.4 is 4.74 Å². The zero-order valence-electron chi connectivity index (χ0n) is 15.3. The number of rotatable bonds is 7. The molecule has 0 amide bonds. The van der Waals surface area contributed by atoms with Gasteiger partial charge in [0, 0.05) is 17.5 Å². The summed E-state index contributed by atoms with van der Waals surface area (Å²) in [5, 5.41) is 9.69. The van der Waals surface area contributed by atoms with Gasteiger partial charge in [-0.3, -0.25) is 4.79 Å². The molecule has 26 heavy (non-hydrogen) atoms. The van der Waals surface area contributed by atoms with Crippen molar-refractivity contribution in [2.24, 2.45) is 0 Å². The predicted octanol–water partition coefficient (Wildman–Crippen LogP) is 2.81. The van der Waals surface area contributed by atoms with Crippen LogP contribution in [0.25, 0.3) is 0 Å². The van der Waals surface area contributed by atoms with E-state index in [9.17, 15) is 19.5 Å². The van der Waals surface area contributed by atoms with Gasteiger partial charge in [0.25, 0.3) is 0 Å². The standard InChI is InChI=1S/C19H22O7/c1-10(6-8-14(20)24-3)5-7-12-15(18(21)22)16-13(9-26-19(16)23)11(2)17(12)25-4/h5H,6-9H2,1-4H3,(H,21,22). The molecule has 1 heterocycles. The van der Waals surface area contributed by atoms with Gasteiger partial charge in [-0.15, -0.1) is 0 Å². The molecule has 0 spiro atoms. The minimum atomic E-state index is -1.20. The molecule has 0 radical (unpaired) electrons. The number of fused-ring (bicyclic) bond motifs is 1. The number of benzene rings is 1. The fourth-order valence-corrected chi connectivity index (χ4v) is 3.07. The van der Waals surface area contributed by atoms with E-state index in [1.807, 2.05) is 13.0 Å². The quantitative estimate of drug-likeness (QED) is 0.588. The number of hydrogen-bond donors (Lipinski definition) is 1. The van der Waals surface area contributed by atoms with Crippen LogP contribution in [0.4, 0.5) is 0 Å². The molecule has 0 aromatic heterocycles. The molecule has 1 N–H and O–H groups in total. The molecule has 1 aromatic rings. The molecular formula is C19H22O7. The highest BCUT2D eigenvalue weighted by molar-refractivity contribution is 6.07. The molecule has 0 bridgehead atoms. The normalized spacial score (nSPS) is 13.2. The zero-order valence-corrected chi connectivity index (χ0v) is 15.3. The van der Waals surface area contributed by atoms with E-state index in [4.69, 9.17) is 9.47 Å². The van der Waals surface area contributed by atoms with Gasteiger partial charge < -0.3 is 19.3 Å². The Labute approximate surface area is 151 Å². The van der Waals surface area contributed by atoms with Crippen LogP contribution in [0.1, 0.15) is 57.2 Å². The van der Waals surface area contributed by atoms with Gasteiger partial charge in [0.1, 0.15) is 12.4 Å². The van der Waals surface area contributed by atoms with Crippen LogP contribution in [-0.4, -0.2) is 37.2 Å². The molecule has 1 aliphatic heterocycles. The monoisotopic (exact) mass is 362 g/mol. The second-order valence-electron chi connectivity index (χ2n) is 6.08. The summed E-state index contributed by atoms with van der Waals surface area (Å²) < 4.78 is 15.1. The fourth-order valence-electron chi connectivity index (χ4n) is 3.07. The van der Waals surface area contributed by atoms with Gasteiger partial charge in [0.2, 0.25) is 0 Å². The lowest BCUT2D eigenvalue weighted by atomic mass is 9.90. The lowest BCUT2D eigenvalue weighted by Gasteiger charge is -2.17. The number of aromatic carboxylic acids is 1. The van der Waals surface area contributed by atoms with Crippen molar-refractivity contribution in [3.8, 4) is 5.75 Å². The van der Waals surface area contributed by atoms with Crippen LogP contribution in [-0.2, 0) is 27.3 Å². The molecule has 7 heteroatoms. The van der Waals surface area contributed by atoms with Gasteiger partial charge in [-0.05, 0) is 32.3 Å². The zero-order chi connectivity index (χ0) is 19.4. The largest absolute Gasteiger partial charge is 0.496 e. The molecule has 140 valence electrons. The Hall–Kier alpha value is -2.83. The summed E-state index contributed by atoms with van der Waals surface area (Å²) in [6.45, 7) is 3.68. The van der Waals surface area contributed by atoms with Crippen molar-refractivity contribution in [1.82, 2.24) is 0 Å². The third-order valence-electron chi connectivity index (χ3n) is 4.50. The van der Waals surface area contributed by atoms with Crippen LogP contribution >= 0.6 is 0 Å². The Balaban J connectivity index is 2.46. The van der Waals surface area contributed by atoms with E-state index in [1.54, 1.807) is 6.92 Å². The first kappa shape index (κ1) is 19.5. The van der Waals surface area contributed by atoms with Gasteiger partial charge in [0.05, 0.1) is 25.3 Å². The van der Waals surface area contributed by atoms with Crippen molar-refractivity contribution in [2.75, 3.05) is 14.2 Å². The molecule has 7 nitrogen and oxygen atoms in total. The van der Waals surface area contributed by atoms with Gasteiger partial charge in [0.15, 0.2) is 0 Å². The fraction of sp³-hybridized carbons (Fsp3) is 0.421. The number of allylic oxidation sites excluding steroid dienone is 2. The van der Waals surface area contributed by atoms with Crippen molar-refractivity contribution < 1.29 is 33.7 Å². The van der Waals surface area contributed by atoms with E-state index in [-0.39, 0.29) is 36.5 Å². The molecule has 0 unspecified atom stereocenters. The number of ether oxygens (including phenoxy) is 3. The molecular weight excluding hydrogens is 340 g/mol. The van der Waals surface area contributed by atoms with E-state index in [0.29, 0.717) is 28.9 Å². The maximum absolute atomic E-state index is 12.1. The van der Waals surface area contributed by atoms with E-state index in [0.717, 1.165) is 5.57 Å². The van der Waals surface area contributed by atoms with Crippen molar-refractivity contribution >= 4 is 17.9 Å². The molecule has 0 aliphatic carbocycles. The Bertz CT molecular complexity index is 790. The Kier molecular flexibility index (Phi) is 6.02. The SMILES string of the molecule is COC(=O)CCC(C)=CCc1c(OC)c(C)c2c(c1C(=O)O)C(=O)OC2.